The molecule has 0 saturated heterocycles. The summed E-state index contributed by atoms with van der Waals surface area (Å²) in [5, 5.41) is 11.9. The molecule has 7 heteroatoms. The van der Waals surface area contributed by atoms with Gasteiger partial charge >= 0.3 is 0 Å². The zero-order valence-corrected chi connectivity index (χ0v) is 8.27. The van der Waals surface area contributed by atoms with Crippen LogP contribution in [0.1, 0.15) is 0 Å². The number of nitrogens with one attached hydrogen (secondary N) is 1. The standard InChI is InChI=1S/C8H13FN4O2/c1-15-4-5(14)2-11-7-6(9)3-12-8(10)13-7/h3,5,14H,2,4H2,1H3,(H3,10,11,12,13). The molecule has 0 bridgehead atoms. The molecule has 1 heterocycles. The molecule has 6 nitrogen and oxygen atoms in total. The summed E-state index contributed by atoms with van der Waals surface area (Å²) in [6.45, 7) is 0.288. The molecule has 1 aromatic heterocycles. The van der Waals surface area contributed by atoms with Crippen molar-refractivity contribution in [3.63, 3.8) is 0 Å². The van der Waals surface area contributed by atoms with Gasteiger partial charge in [-0.1, -0.05) is 0 Å². The van der Waals surface area contributed by atoms with E-state index in [2.05, 4.69) is 15.3 Å². The third kappa shape index (κ3) is 3.64. The maximum absolute atomic E-state index is 13.0. The van der Waals surface area contributed by atoms with Crippen LogP contribution >= 0.6 is 0 Å². The number of aliphatic hydroxyl groups is 1. The van der Waals surface area contributed by atoms with E-state index < -0.39 is 11.9 Å². The minimum Gasteiger partial charge on any atom is -0.389 e. The fourth-order valence-corrected chi connectivity index (χ4v) is 0.971. The van der Waals surface area contributed by atoms with Crippen molar-refractivity contribution in [2.45, 2.75) is 6.10 Å². The van der Waals surface area contributed by atoms with Crippen molar-refractivity contribution in [3.8, 4) is 0 Å². The predicted molar refractivity (Wildman–Crippen MR) is 52.8 cm³/mol. The average Bonchev–Trinajstić information content (AvgIpc) is 2.20. The molecule has 0 aliphatic rings. The second-order valence-electron chi connectivity index (χ2n) is 2.91. The Labute approximate surface area is 86.3 Å². The second-order valence-corrected chi connectivity index (χ2v) is 2.91. The van der Waals surface area contributed by atoms with Crippen LogP contribution in [0.2, 0.25) is 0 Å². The lowest BCUT2D eigenvalue weighted by Gasteiger charge is -2.11. The van der Waals surface area contributed by atoms with Gasteiger partial charge in [-0.3, -0.25) is 0 Å². The number of ether oxygens (including phenoxy) is 1. The molecule has 0 spiro atoms. The van der Waals surface area contributed by atoms with E-state index >= 15 is 0 Å². The summed E-state index contributed by atoms with van der Waals surface area (Å²) in [5.74, 6) is -0.674. The van der Waals surface area contributed by atoms with Gasteiger partial charge in [-0.15, -0.1) is 0 Å². The number of aromatic nitrogens is 2. The summed E-state index contributed by atoms with van der Waals surface area (Å²) < 4.78 is 17.8. The number of nitrogens with two attached hydrogens (primary N) is 1. The van der Waals surface area contributed by atoms with Gasteiger partial charge < -0.3 is 20.9 Å². The van der Waals surface area contributed by atoms with Gasteiger partial charge in [0.1, 0.15) is 0 Å². The Morgan fingerprint density at radius 3 is 3.13 bits per heavy atom. The van der Waals surface area contributed by atoms with Gasteiger partial charge in [0.05, 0.1) is 18.9 Å². The van der Waals surface area contributed by atoms with E-state index in [0.29, 0.717) is 0 Å². The quantitative estimate of drug-likeness (QED) is 0.621. The van der Waals surface area contributed by atoms with Gasteiger partial charge in [0.2, 0.25) is 5.95 Å². The zero-order valence-electron chi connectivity index (χ0n) is 8.27. The first-order valence-electron chi connectivity index (χ1n) is 4.32. The van der Waals surface area contributed by atoms with Gasteiger partial charge in [-0.05, 0) is 0 Å². The Kier molecular flexibility index (Phi) is 4.19. The van der Waals surface area contributed by atoms with Crippen molar-refractivity contribution in [2.24, 2.45) is 0 Å². The fraction of sp³-hybridized carbons (Fsp3) is 0.500. The number of methoxy groups -OCH3 is 1. The summed E-state index contributed by atoms with van der Waals surface area (Å²) >= 11 is 0. The Hall–Kier alpha value is -1.47. The molecule has 0 radical (unpaired) electrons. The van der Waals surface area contributed by atoms with E-state index in [-0.39, 0.29) is 24.9 Å². The minimum atomic E-state index is -0.731. The highest BCUT2D eigenvalue weighted by molar-refractivity contribution is 5.39. The van der Waals surface area contributed by atoms with Crippen LogP contribution in [0.3, 0.4) is 0 Å². The Morgan fingerprint density at radius 1 is 1.73 bits per heavy atom. The van der Waals surface area contributed by atoms with Crippen molar-refractivity contribution in [2.75, 3.05) is 31.3 Å². The van der Waals surface area contributed by atoms with Crippen LogP contribution in [0.5, 0.6) is 0 Å². The average molecular weight is 216 g/mol. The third-order valence-corrected chi connectivity index (χ3v) is 1.63. The summed E-state index contributed by atoms with van der Waals surface area (Å²) in [6, 6.07) is 0. The number of hydrogen-bond acceptors (Lipinski definition) is 6. The summed E-state index contributed by atoms with van der Waals surface area (Å²) in [6.07, 6.45) is 0.235. The van der Waals surface area contributed by atoms with Crippen LogP contribution in [0.4, 0.5) is 16.2 Å². The first kappa shape index (κ1) is 11.6. The number of aliphatic hydroxyl groups excluding tert-OH is 1. The molecule has 0 saturated carbocycles. The van der Waals surface area contributed by atoms with Crippen LogP contribution in [0, 0.1) is 5.82 Å². The number of rotatable bonds is 5. The van der Waals surface area contributed by atoms with Crippen molar-refractivity contribution >= 4 is 11.8 Å². The predicted octanol–water partition coefficient (Wildman–Crippen LogP) is -0.383. The molecule has 1 unspecified atom stereocenters. The monoisotopic (exact) mass is 216 g/mol. The SMILES string of the molecule is COCC(O)CNc1nc(N)ncc1F. The lowest BCUT2D eigenvalue weighted by molar-refractivity contribution is 0.0726. The van der Waals surface area contributed by atoms with Crippen LogP contribution in [0.15, 0.2) is 6.20 Å². The topological polar surface area (TPSA) is 93.3 Å². The second kappa shape index (κ2) is 5.42. The van der Waals surface area contributed by atoms with Crippen molar-refractivity contribution in [1.82, 2.24) is 9.97 Å². The largest absolute Gasteiger partial charge is 0.389 e. The molecule has 0 amide bonds. The Morgan fingerprint density at radius 2 is 2.47 bits per heavy atom. The van der Waals surface area contributed by atoms with Crippen LogP contribution < -0.4 is 11.1 Å². The van der Waals surface area contributed by atoms with Crippen molar-refractivity contribution in [1.29, 1.82) is 0 Å². The van der Waals surface area contributed by atoms with Crippen molar-refractivity contribution in [3.05, 3.63) is 12.0 Å². The van der Waals surface area contributed by atoms with Gasteiger partial charge in [0.25, 0.3) is 0 Å². The van der Waals surface area contributed by atoms with Gasteiger partial charge in [0.15, 0.2) is 11.6 Å². The first-order valence-corrected chi connectivity index (χ1v) is 4.32. The molecule has 0 aliphatic carbocycles. The molecule has 0 aliphatic heterocycles. The van der Waals surface area contributed by atoms with E-state index in [9.17, 15) is 9.50 Å². The number of halogens is 1. The lowest BCUT2D eigenvalue weighted by atomic mass is 10.4. The summed E-state index contributed by atoms with van der Waals surface area (Å²) in [7, 11) is 1.46. The molecule has 1 rings (SSSR count). The Balaban J connectivity index is 2.53. The molecule has 1 aromatic rings. The molecule has 1 atom stereocenters. The van der Waals surface area contributed by atoms with Crippen LogP contribution in [-0.4, -0.2) is 41.4 Å². The zero-order chi connectivity index (χ0) is 11.3. The number of nitrogens with zero attached hydrogens (tertiary/aromatic N) is 2. The molecule has 0 fully saturated rings. The smallest absolute Gasteiger partial charge is 0.222 e. The van der Waals surface area contributed by atoms with E-state index in [1.807, 2.05) is 0 Å². The van der Waals surface area contributed by atoms with E-state index in [1.54, 1.807) is 0 Å². The summed E-state index contributed by atoms with van der Waals surface area (Å²) in [4.78, 5) is 7.10. The Bertz CT molecular complexity index is 324. The highest BCUT2D eigenvalue weighted by Crippen LogP contribution is 2.09. The highest BCUT2D eigenvalue weighted by atomic mass is 19.1. The van der Waals surface area contributed by atoms with Gasteiger partial charge in [-0.25, -0.2) is 9.37 Å². The third-order valence-electron chi connectivity index (χ3n) is 1.63. The maximum atomic E-state index is 13.0. The first-order chi connectivity index (χ1) is 7.13. The number of hydrogen-bond donors (Lipinski definition) is 3. The van der Waals surface area contributed by atoms with E-state index in [0.717, 1.165) is 6.20 Å². The normalized spacial score (nSPS) is 12.5. The molecule has 0 aromatic carbocycles. The lowest BCUT2D eigenvalue weighted by Crippen LogP contribution is -2.25. The molecule has 15 heavy (non-hydrogen) atoms. The number of nitrogen functional groups attached to an aromatic ring is 1. The highest BCUT2D eigenvalue weighted by Gasteiger charge is 2.08. The minimum absolute atomic E-state index is 0.0277. The molecule has 84 valence electrons. The maximum Gasteiger partial charge on any atom is 0.222 e. The van der Waals surface area contributed by atoms with Gasteiger partial charge in [-0.2, -0.15) is 4.98 Å². The van der Waals surface area contributed by atoms with E-state index in [4.69, 9.17) is 10.5 Å². The molecule has 4 N–H and O–H groups in total. The van der Waals surface area contributed by atoms with Crippen LogP contribution in [-0.2, 0) is 4.74 Å². The number of anilines is 2. The van der Waals surface area contributed by atoms with Crippen LogP contribution in [0.25, 0.3) is 0 Å². The fourth-order valence-electron chi connectivity index (χ4n) is 0.971. The summed E-state index contributed by atoms with van der Waals surface area (Å²) in [5.41, 5.74) is 5.28. The van der Waals surface area contributed by atoms with Crippen molar-refractivity contribution < 1.29 is 14.2 Å². The van der Waals surface area contributed by atoms with Gasteiger partial charge in [0, 0.05) is 13.7 Å². The van der Waals surface area contributed by atoms with E-state index in [1.165, 1.54) is 7.11 Å². The molecular weight excluding hydrogens is 203 g/mol. The molecular formula is C8H13FN4O2.